The Morgan fingerprint density at radius 2 is 0.745 bits per heavy atom. The fourth-order valence-electron chi connectivity index (χ4n) is 10.4. The zero-order valence-electron chi connectivity index (χ0n) is 36.0. The number of aryl methyl sites for hydroxylation is 1. The molecule has 0 saturated heterocycles. The number of para-hydroxylation sites is 3. The molecule has 8 rings (SSSR count). The first kappa shape index (κ1) is 37.7. The van der Waals surface area contributed by atoms with Crippen LogP contribution >= 0.6 is 0 Å². The number of fused-ring (bicyclic) bond motifs is 4. The Kier molecular flexibility index (Phi) is 9.03. The van der Waals surface area contributed by atoms with Crippen LogP contribution in [0.3, 0.4) is 0 Å². The standard InChI is InChI=1S/C38H41B15N2/c1-10-54-12-7-3-5-9-14(12)55(10)13-8-4-2-6-11(13)15-17-19(27(42)35(50)33(48)25(17)40)16(20-18(15)26(41)34(49)36(51)28(20)43)21-24(39)22-23(30(45)29(21)44)32(47)38(53)37(52)31(22)46/h2-9H,39-53H2,1H3. The maximum absolute atomic E-state index is 5.06. The minimum Gasteiger partial charge on any atom is -0.296 e. The Bertz CT molecular complexity index is 2980. The van der Waals surface area contributed by atoms with Crippen LogP contribution in [0.15, 0.2) is 48.5 Å². The van der Waals surface area contributed by atoms with Gasteiger partial charge in [-0.05, 0) is 74.1 Å². The van der Waals surface area contributed by atoms with E-state index in [-0.39, 0.29) is 0 Å². The molecule has 1 aromatic heterocycles. The molecular formula is C38H41B15N2. The van der Waals surface area contributed by atoms with E-state index in [2.05, 4.69) is 178 Å². The number of nitrogens with zero attached hydrogens (tertiary/aromatic N) is 2. The fraction of sp³-hybridized carbons (Fsp3) is 0.0263. The second-order valence-electron chi connectivity index (χ2n) is 16.8. The SMILES string of the molecule is Bc1c(B)c(B)c2c(B)c(-c3c4c(B)c(B)c(B)c(B)c4c(-c4ccccc4-n4c(C)nc5ccccc54)c4c(B)c(B)c(B)c(B)c34)c(B)c(B)c2c1B. The van der Waals surface area contributed by atoms with Crippen molar-refractivity contribution in [3.63, 3.8) is 0 Å². The number of benzene rings is 7. The highest BCUT2D eigenvalue weighted by Gasteiger charge is 2.29. The summed E-state index contributed by atoms with van der Waals surface area (Å²) in [6.45, 7) is 2.14. The molecule has 7 aromatic carbocycles. The van der Waals surface area contributed by atoms with Gasteiger partial charge in [0.15, 0.2) is 0 Å². The molecule has 2 nitrogen and oxygen atoms in total. The van der Waals surface area contributed by atoms with Crippen LogP contribution in [0.4, 0.5) is 0 Å². The van der Waals surface area contributed by atoms with Crippen LogP contribution in [-0.4, -0.2) is 127 Å². The van der Waals surface area contributed by atoms with E-state index in [0.29, 0.717) is 0 Å². The third-order valence-electron chi connectivity index (χ3n) is 14.5. The van der Waals surface area contributed by atoms with Crippen molar-refractivity contribution in [2.75, 3.05) is 0 Å². The molecule has 0 fully saturated rings. The van der Waals surface area contributed by atoms with Crippen molar-refractivity contribution in [3.8, 4) is 27.9 Å². The van der Waals surface area contributed by atoms with E-state index in [1.54, 1.807) is 0 Å². The lowest BCUT2D eigenvalue weighted by Crippen LogP contribution is -2.52. The third kappa shape index (κ3) is 5.06. The second-order valence-corrected chi connectivity index (χ2v) is 16.8. The lowest BCUT2D eigenvalue weighted by Gasteiger charge is -2.31. The van der Waals surface area contributed by atoms with E-state index in [1.165, 1.54) is 142 Å². The van der Waals surface area contributed by atoms with Crippen molar-refractivity contribution in [2.45, 2.75) is 6.92 Å². The van der Waals surface area contributed by atoms with Gasteiger partial charge in [-0.25, -0.2) is 4.98 Å². The van der Waals surface area contributed by atoms with Crippen LogP contribution in [-0.2, 0) is 0 Å². The lowest BCUT2D eigenvalue weighted by molar-refractivity contribution is 1.00. The summed E-state index contributed by atoms with van der Waals surface area (Å²) in [4.78, 5) is 5.06. The van der Waals surface area contributed by atoms with E-state index >= 15 is 0 Å². The molecule has 0 amide bonds. The molecule has 0 spiro atoms. The minimum absolute atomic E-state index is 0.993. The van der Waals surface area contributed by atoms with E-state index in [4.69, 9.17) is 4.98 Å². The Hall–Kier alpha value is -4.24. The number of hydrogen-bond acceptors (Lipinski definition) is 1. The van der Waals surface area contributed by atoms with E-state index in [9.17, 15) is 0 Å². The zero-order chi connectivity index (χ0) is 39.7. The number of imidazole rings is 1. The van der Waals surface area contributed by atoms with Gasteiger partial charge in [0.1, 0.15) is 124 Å². The summed E-state index contributed by atoms with van der Waals surface area (Å²) in [5, 5.41) is 8.37. The van der Waals surface area contributed by atoms with Crippen LogP contribution in [0.25, 0.3) is 71.3 Å². The molecule has 0 saturated carbocycles. The van der Waals surface area contributed by atoms with E-state index in [1.807, 2.05) is 0 Å². The second kappa shape index (κ2) is 13.2. The predicted molar refractivity (Wildman–Crippen MR) is 292 cm³/mol. The van der Waals surface area contributed by atoms with Crippen LogP contribution in [0, 0.1) is 6.92 Å². The molecule has 0 aliphatic heterocycles. The van der Waals surface area contributed by atoms with Crippen molar-refractivity contribution in [2.24, 2.45) is 0 Å². The minimum atomic E-state index is 0.993. The van der Waals surface area contributed by atoms with Crippen LogP contribution in [0.2, 0.25) is 0 Å². The molecule has 0 radical (unpaired) electrons. The van der Waals surface area contributed by atoms with Crippen LogP contribution < -0.4 is 81.9 Å². The molecule has 0 aliphatic rings. The first-order valence-corrected chi connectivity index (χ1v) is 20.0. The van der Waals surface area contributed by atoms with Gasteiger partial charge in [0.05, 0.1) is 16.7 Å². The molecular weight excluding hydrogens is 647 g/mol. The first-order valence-electron chi connectivity index (χ1n) is 20.0. The van der Waals surface area contributed by atoms with Gasteiger partial charge in [-0.15, -0.1) is 32.8 Å². The number of hydrogen-bond donors (Lipinski definition) is 0. The number of aromatic nitrogens is 2. The van der Waals surface area contributed by atoms with Crippen LogP contribution in [0.1, 0.15) is 5.82 Å². The van der Waals surface area contributed by atoms with E-state index < -0.39 is 0 Å². The summed E-state index contributed by atoms with van der Waals surface area (Å²) in [6, 6.07) is 17.6. The lowest BCUT2D eigenvalue weighted by atomic mass is 9.56. The molecule has 1 heterocycles. The molecule has 8 aromatic rings. The zero-order valence-corrected chi connectivity index (χ0v) is 36.0. The van der Waals surface area contributed by atoms with Crippen LogP contribution in [0.5, 0.6) is 0 Å². The smallest absolute Gasteiger partial charge is 0.140 e. The third-order valence-corrected chi connectivity index (χ3v) is 14.5. The van der Waals surface area contributed by atoms with Gasteiger partial charge >= 0.3 is 0 Å². The first-order chi connectivity index (χ1) is 26.0. The van der Waals surface area contributed by atoms with Gasteiger partial charge in [0.25, 0.3) is 0 Å². The Morgan fingerprint density at radius 3 is 1.25 bits per heavy atom. The van der Waals surface area contributed by atoms with Gasteiger partial charge in [-0.2, -0.15) is 0 Å². The van der Waals surface area contributed by atoms with Gasteiger partial charge in [0, 0.05) is 5.56 Å². The van der Waals surface area contributed by atoms with Crippen molar-refractivity contribution in [1.29, 1.82) is 0 Å². The number of rotatable bonds is 3. The van der Waals surface area contributed by atoms with Gasteiger partial charge in [-0.3, -0.25) is 4.57 Å². The maximum Gasteiger partial charge on any atom is 0.140 e. The van der Waals surface area contributed by atoms with Gasteiger partial charge in [0.2, 0.25) is 0 Å². The fourth-order valence-corrected chi connectivity index (χ4v) is 10.4. The molecule has 17 heteroatoms. The Morgan fingerprint density at radius 1 is 0.364 bits per heavy atom. The monoisotopic (exact) mass is 690 g/mol. The summed E-state index contributed by atoms with van der Waals surface area (Å²) in [5.41, 5.74) is 29.5. The summed E-state index contributed by atoms with van der Waals surface area (Å²) in [5.74, 6) is 0.993. The molecule has 0 unspecified atom stereocenters. The average molecular weight is 688 g/mol. The molecule has 0 bridgehead atoms. The largest absolute Gasteiger partial charge is 0.296 e. The highest BCUT2D eigenvalue weighted by Crippen LogP contribution is 2.42. The quantitative estimate of drug-likeness (QED) is 0.134. The molecule has 0 N–H and O–H groups in total. The highest BCUT2D eigenvalue weighted by molar-refractivity contribution is 6.75. The van der Waals surface area contributed by atoms with Crippen molar-refractivity contribution in [3.05, 3.63) is 54.4 Å². The molecule has 248 valence electrons. The topological polar surface area (TPSA) is 17.8 Å². The van der Waals surface area contributed by atoms with E-state index in [0.717, 1.165) is 16.9 Å². The molecule has 55 heavy (non-hydrogen) atoms. The molecule has 0 atom stereocenters. The van der Waals surface area contributed by atoms with Crippen molar-refractivity contribution in [1.82, 2.24) is 9.55 Å². The van der Waals surface area contributed by atoms with Crippen molar-refractivity contribution < 1.29 is 0 Å². The summed E-state index contributed by atoms with van der Waals surface area (Å²) in [7, 11) is 35.3. The molecule has 0 aliphatic carbocycles. The maximum atomic E-state index is 5.06. The summed E-state index contributed by atoms with van der Waals surface area (Å²) >= 11 is 0. The van der Waals surface area contributed by atoms with Gasteiger partial charge < -0.3 is 0 Å². The normalized spacial score (nSPS) is 11.7. The summed E-state index contributed by atoms with van der Waals surface area (Å²) in [6.07, 6.45) is 0. The van der Waals surface area contributed by atoms with Crippen molar-refractivity contribution >= 4 is 243 Å². The average Bonchev–Trinajstić information content (AvgIpc) is 3.51. The Labute approximate surface area is 340 Å². The summed E-state index contributed by atoms with van der Waals surface area (Å²) < 4.78 is 2.37. The predicted octanol–water partition coefficient (Wildman–Crippen LogP) is -16.0. The highest BCUT2D eigenvalue weighted by atomic mass is 15.1. The van der Waals surface area contributed by atoms with Gasteiger partial charge in [-0.1, -0.05) is 79.5 Å². The Balaban J connectivity index is 1.72.